The van der Waals surface area contributed by atoms with Crippen LogP contribution in [0.2, 0.25) is 0 Å². The van der Waals surface area contributed by atoms with Crippen LogP contribution in [0.15, 0.2) is 24.3 Å². The minimum absolute atomic E-state index is 0.0568. The Bertz CT molecular complexity index is 1000. The second-order valence-electron chi connectivity index (χ2n) is 6.76. The highest BCUT2D eigenvalue weighted by molar-refractivity contribution is 7.98. The molecule has 1 amide bonds. The molecular weight excluding hydrogens is 402 g/mol. The Balaban J connectivity index is 1.50. The maximum absolute atomic E-state index is 12.5. The summed E-state index contributed by atoms with van der Waals surface area (Å²) in [7, 11) is -1.51. The van der Waals surface area contributed by atoms with Crippen LogP contribution in [0.4, 0.5) is 5.82 Å². The van der Waals surface area contributed by atoms with Gasteiger partial charge in [-0.05, 0) is 18.6 Å². The monoisotopic (exact) mass is 423 g/mol. The smallest absolute Gasteiger partial charge is 0.263 e. The van der Waals surface area contributed by atoms with Crippen molar-refractivity contribution in [3.8, 4) is 11.5 Å². The first-order valence-electron chi connectivity index (χ1n) is 8.91. The van der Waals surface area contributed by atoms with E-state index in [9.17, 15) is 13.2 Å². The minimum Gasteiger partial charge on any atom is -0.493 e. The molecule has 1 fully saturated rings. The highest BCUT2D eigenvalue weighted by Crippen LogP contribution is 2.38. The van der Waals surface area contributed by atoms with E-state index in [1.54, 1.807) is 34.6 Å². The van der Waals surface area contributed by atoms with Gasteiger partial charge in [0.2, 0.25) is 0 Å². The van der Waals surface area contributed by atoms with Crippen molar-refractivity contribution in [2.45, 2.75) is 24.0 Å². The van der Waals surface area contributed by atoms with Crippen LogP contribution in [-0.2, 0) is 26.1 Å². The quantitative estimate of drug-likeness (QED) is 0.759. The van der Waals surface area contributed by atoms with Crippen molar-refractivity contribution in [1.29, 1.82) is 0 Å². The summed E-state index contributed by atoms with van der Waals surface area (Å²) < 4.78 is 36.3. The summed E-state index contributed by atoms with van der Waals surface area (Å²) in [6.45, 7) is -0.184. The van der Waals surface area contributed by atoms with E-state index in [-0.39, 0.29) is 30.1 Å². The lowest BCUT2D eigenvalue weighted by atomic mass is 10.2. The zero-order chi connectivity index (χ0) is 19.7. The van der Waals surface area contributed by atoms with Gasteiger partial charge in [-0.25, -0.2) is 13.1 Å². The molecule has 1 atom stereocenters. The molecule has 4 rings (SSSR count). The molecule has 0 bridgehead atoms. The Morgan fingerprint density at radius 1 is 1.32 bits per heavy atom. The molecule has 2 aromatic rings. The fourth-order valence-corrected chi connectivity index (χ4v) is 6.17. The van der Waals surface area contributed by atoms with Crippen LogP contribution in [-0.4, -0.2) is 49.3 Å². The van der Waals surface area contributed by atoms with E-state index in [0.717, 1.165) is 22.8 Å². The van der Waals surface area contributed by atoms with Gasteiger partial charge in [0.15, 0.2) is 27.9 Å². The fourth-order valence-electron chi connectivity index (χ4n) is 3.45. The Kier molecular flexibility index (Phi) is 5.24. The first-order chi connectivity index (χ1) is 13.5. The second-order valence-corrected chi connectivity index (χ2v) is 9.97. The summed E-state index contributed by atoms with van der Waals surface area (Å²) in [6.07, 6.45) is 0.511. The van der Waals surface area contributed by atoms with Crippen LogP contribution in [0.25, 0.3) is 0 Å². The van der Waals surface area contributed by atoms with E-state index in [2.05, 4.69) is 10.4 Å². The van der Waals surface area contributed by atoms with Crippen LogP contribution < -0.4 is 14.8 Å². The molecule has 0 aliphatic carbocycles. The van der Waals surface area contributed by atoms with Gasteiger partial charge >= 0.3 is 0 Å². The average Bonchev–Trinajstić information content (AvgIpc) is 3.36. The molecule has 8 nitrogen and oxygen atoms in total. The van der Waals surface area contributed by atoms with Gasteiger partial charge < -0.3 is 14.8 Å². The van der Waals surface area contributed by atoms with Crippen molar-refractivity contribution in [1.82, 2.24) is 9.78 Å². The van der Waals surface area contributed by atoms with Crippen molar-refractivity contribution >= 4 is 33.3 Å². The molecule has 1 unspecified atom stereocenters. The predicted octanol–water partition coefficient (Wildman–Crippen LogP) is 2.02. The van der Waals surface area contributed by atoms with Gasteiger partial charge in [0.05, 0.1) is 30.4 Å². The number of nitrogens with zero attached hydrogens (tertiary/aromatic N) is 2. The predicted molar refractivity (Wildman–Crippen MR) is 107 cm³/mol. The number of amides is 1. The van der Waals surface area contributed by atoms with E-state index < -0.39 is 9.84 Å². The van der Waals surface area contributed by atoms with Crippen molar-refractivity contribution < 1.29 is 22.7 Å². The topological polar surface area (TPSA) is 99.5 Å². The van der Waals surface area contributed by atoms with E-state index in [1.807, 2.05) is 6.07 Å². The number of hydrogen-bond donors (Lipinski definition) is 1. The van der Waals surface area contributed by atoms with E-state index in [4.69, 9.17) is 9.47 Å². The number of benzene rings is 1. The molecule has 3 heterocycles. The van der Waals surface area contributed by atoms with Crippen molar-refractivity contribution in [2.75, 3.05) is 30.5 Å². The highest BCUT2D eigenvalue weighted by atomic mass is 32.2. The number of ether oxygens (including phenoxy) is 2. The zero-order valence-electron chi connectivity index (χ0n) is 15.4. The average molecular weight is 424 g/mol. The van der Waals surface area contributed by atoms with Gasteiger partial charge in [-0.2, -0.15) is 16.9 Å². The van der Waals surface area contributed by atoms with Crippen molar-refractivity contribution in [3.05, 3.63) is 35.5 Å². The lowest BCUT2D eigenvalue weighted by Crippen LogP contribution is -2.24. The summed E-state index contributed by atoms with van der Waals surface area (Å²) in [5.74, 6) is 3.02. The molecule has 1 saturated heterocycles. The number of methoxy groups -OCH3 is 1. The van der Waals surface area contributed by atoms with Crippen molar-refractivity contribution in [3.63, 3.8) is 0 Å². The maximum Gasteiger partial charge on any atom is 0.263 e. The van der Waals surface area contributed by atoms with Gasteiger partial charge in [-0.1, -0.05) is 12.1 Å². The number of fused-ring (bicyclic) bond motifs is 1. The highest BCUT2D eigenvalue weighted by Gasteiger charge is 2.34. The van der Waals surface area contributed by atoms with Gasteiger partial charge in [0.25, 0.3) is 5.91 Å². The first kappa shape index (κ1) is 19.1. The molecule has 1 aromatic heterocycles. The summed E-state index contributed by atoms with van der Waals surface area (Å²) in [5.41, 5.74) is 1.88. The summed E-state index contributed by atoms with van der Waals surface area (Å²) in [6, 6.07) is 6.86. The normalized spacial score (nSPS) is 20.0. The molecule has 0 saturated carbocycles. The molecular formula is C18H21N3O5S2. The Morgan fingerprint density at radius 3 is 2.82 bits per heavy atom. The van der Waals surface area contributed by atoms with Crippen LogP contribution >= 0.6 is 11.8 Å². The van der Waals surface area contributed by atoms with Gasteiger partial charge in [-0.3, -0.25) is 4.79 Å². The fraction of sp³-hybridized carbons (Fsp3) is 0.444. The van der Waals surface area contributed by atoms with Crippen molar-refractivity contribution in [2.24, 2.45) is 0 Å². The number of para-hydroxylation sites is 2. The molecule has 150 valence electrons. The standard InChI is InChI=1S/C18H21N3O5S2/c1-25-15-4-2-3-5-16(15)26-8-17(22)19-18-13-9-27-10-14(13)20-21(18)12-6-7-28(23,24)11-12/h2-5,12H,6-11H2,1H3,(H,19,22). The number of sulfone groups is 1. The Labute approximate surface area is 167 Å². The lowest BCUT2D eigenvalue weighted by molar-refractivity contribution is -0.118. The molecule has 0 spiro atoms. The SMILES string of the molecule is COc1ccccc1OCC(=O)Nc1c2c(nn1C1CCS(=O)(=O)C1)CSC2. The molecule has 28 heavy (non-hydrogen) atoms. The van der Waals surface area contributed by atoms with E-state index in [1.165, 1.54) is 7.11 Å². The molecule has 0 radical (unpaired) electrons. The number of nitrogens with one attached hydrogen (secondary N) is 1. The molecule has 1 N–H and O–H groups in total. The number of rotatable bonds is 6. The number of anilines is 1. The van der Waals surface area contributed by atoms with Crippen LogP contribution in [0.3, 0.4) is 0 Å². The maximum atomic E-state index is 12.5. The molecule has 10 heteroatoms. The number of carbonyl (C=O) groups is 1. The third-order valence-electron chi connectivity index (χ3n) is 4.82. The molecule has 2 aliphatic heterocycles. The Hall–Kier alpha value is -2.20. The van der Waals surface area contributed by atoms with Crippen LogP contribution in [0.1, 0.15) is 23.7 Å². The van der Waals surface area contributed by atoms with Crippen LogP contribution in [0, 0.1) is 0 Å². The lowest BCUT2D eigenvalue weighted by Gasteiger charge is -2.16. The number of hydrogen-bond acceptors (Lipinski definition) is 7. The largest absolute Gasteiger partial charge is 0.493 e. The summed E-state index contributed by atoms with van der Waals surface area (Å²) in [5, 5.41) is 7.48. The Morgan fingerprint density at radius 2 is 2.11 bits per heavy atom. The zero-order valence-corrected chi connectivity index (χ0v) is 17.0. The van der Waals surface area contributed by atoms with Gasteiger partial charge in [0, 0.05) is 17.1 Å². The molecule has 2 aliphatic rings. The van der Waals surface area contributed by atoms with Gasteiger partial charge in [-0.15, -0.1) is 0 Å². The summed E-state index contributed by atoms with van der Waals surface area (Å²) in [4.78, 5) is 12.5. The number of aromatic nitrogens is 2. The van der Waals surface area contributed by atoms with Gasteiger partial charge in [0.1, 0.15) is 5.82 Å². The third kappa shape index (κ3) is 3.83. The molecule has 1 aromatic carbocycles. The van der Waals surface area contributed by atoms with E-state index in [0.29, 0.717) is 23.7 Å². The minimum atomic E-state index is -3.05. The van der Waals surface area contributed by atoms with Crippen LogP contribution in [0.5, 0.6) is 11.5 Å². The second kappa shape index (κ2) is 7.67. The third-order valence-corrected chi connectivity index (χ3v) is 7.54. The van der Waals surface area contributed by atoms with E-state index >= 15 is 0 Å². The first-order valence-corrected chi connectivity index (χ1v) is 11.9. The summed E-state index contributed by atoms with van der Waals surface area (Å²) >= 11 is 1.72. The number of carbonyl (C=O) groups excluding carboxylic acids is 1. The number of thioether (sulfide) groups is 1.